The molecule has 0 unspecified atom stereocenters. The molecule has 0 saturated heterocycles. The van der Waals surface area contributed by atoms with E-state index in [-0.39, 0.29) is 0 Å². The van der Waals surface area contributed by atoms with Gasteiger partial charge in [-0.05, 0) is 33.0 Å². The summed E-state index contributed by atoms with van der Waals surface area (Å²) in [5.74, 6) is 0. The zero-order valence-corrected chi connectivity index (χ0v) is 9.25. The fraction of sp³-hybridized carbons (Fsp3) is 0.556. The third kappa shape index (κ3) is 2.77. The number of rotatable bonds is 3. The molecular weight excluding hydrogens is 190 g/mol. The average molecular weight is 204 g/mol. The Morgan fingerprint density at radius 3 is 2.58 bits per heavy atom. The minimum atomic E-state index is 0.589. The van der Waals surface area contributed by atoms with E-state index in [9.17, 15) is 0 Å². The zero-order chi connectivity index (χ0) is 9.14. The lowest BCUT2D eigenvalue weighted by atomic mass is 10.3. The van der Waals surface area contributed by atoms with Crippen molar-refractivity contribution in [2.24, 2.45) is 0 Å². The van der Waals surface area contributed by atoms with E-state index in [1.165, 1.54) is 4.88 Å². The van der Waals surface area contributed by atoms with Gasteiger partial charge in [0.2, 0.25) is 0 Å². The minimum Gasteiger partial charge on any atom is -0.299 e. The van der Waals surface area contributed by atoms with Crippen LogP contribution < -0.4 is 0 Å². The monoisotopic (exact) mass is 203 g/mol. The summed E-state index contributed by atoms with van der Waals surface area (Å²) in [6.45, 7) is 5.37. The van der Waals surface area contributed by atoms with Crippen LogP contribution in [-0.4, -0.2) is 18.0 Å². The molecule has 3 heteroatoms. The first-order chi connectivity index (χ1) is 5.59. The Balaban J connectivity index is 2.52. The SMILES string of the molecule is CC(C)N(C)Cc1ccc(Cl)s1. The molecule has 1 heterocycles. The van der Waals surface area contributed by atoms with Gasteiger partial charge in [0.05, 0.1) is 4.34 Å². The van der Waals surface area contributed by atoms with Gasteiger partial charge < -0.3 is 0 Å². The van der Waals surface area contributed by atoms with Gasteiger partial charge in [0.25, 0.3) is 0 Å². The summed E-state index contributed by atoms with van der Waals surface area (Å²) in [6.07, 6.45) is 0. The highest BCUT2D eigenvalue weighted by Crippen LogP contribution is 2.22. The van der Waals surface area contributed by atoms with Crippen LogP contribution in [0.2, 0.25) is 4.34 Å². The molecule has 0 radical (unpaired) electrons. The number of halogens is 1. The van der Waals surface area contributed by atoms with Crippen molar-refractivity contribution in [1.82, 2.24) is 4.90 Å². The van der Waals surface area contributed by atoms with Gasteiger partial charge in [0.15, 0.2) is 0 Å². The molecule has 0 saturated carbocycles. The summed E-state index contributed by atoms with van der Waals surface area (Å²) < 4.78 is 0.877. The van der Waals surface area contributed by atoms with Crippen molar-refractivity contribution in [2.45, 2.75) is 26.4 Å². The molecule has 1 rings (SSSR count). The molecule has 0 bridgehead atoms. The number of hydrogen-bond donors (Lipinski definition) is 0. The van der Waals surface area contributed by atoms with Crippen molar-refractivity contribution in [3.63, 3.8) is 0 Å². The Morgan fingerprint density at radius 1 is 1.50 bits per heavy atom. The average Bonchev–Trinajstić information content (AvgIpc) is 2.35. The lowest BCUT2D eigenvalue weighted by Crippen LogP contribution is -2.24. The summed E-state index contributed by atoms with van der Waals surface area (Å²) in [6, 6.07) is 4.63. The van der Waals surface area contributed by atoms with Crippen LogP contribution in [-0.2, 0) is 6.54 Å². The topological polar surface area (TPSA) is 3.24 Å². The van der Waals surface area contributed by atoms with Crippen LogP contribution >= 0.6 is 22.9 Å². The Labute approximate surface area is 83.0 Å². The summed E-state index contributed by atoms with van der Waals surface area (Å²) in [5.41, 5.74) is 0. The maximum atomic E-state index is 5.82. The first kappa shape index (κ1) is 10.0. The summed E-state index contributed by atoms with van der Waals surface area (Å²) >= 11 is 7.48. The van der Waals surface area contributed by atoms with Gasteiger partial charge in [0, 0.05) is 17.5 Å². The van der Waals surface area contributed by atoms with Crippen LogP contribution in [0.15, 0.2) is 12.1 Å². The lowest BCUT2D eigenvalue weighted by molar-refractivity contribution is 0.268. The highest BCUT2D eigenvalue weighted by molar-refractivity contribution is 7.16. The van der Waals surface area contributed by atoms with Gasteiger partial charge in [-0.15, -0.1) is 11.3 Å². The van der Waals surface area contributed by atoms with Gasteiger partial charge in [0.1, 0.15) is 0 Å². The molecule has 0 aromatic carbocycles. The molecule has 0 amide bonds. The van der Waals surface area contributed by atoms with Crippen LogP contribution in [0, 0.1) is 0 Å². The predicted molar refractivity (Wildman–Crippen MR) is 55.9 cm³/mol. The number of thiophene rings is 1. The maximum absolute atomic E-state index is 5.82. The Hall–Kier alpha value is -0.0500. The first-order valence-electron chi connectivity index (χ1n) is 4.04. The maximum Gasteiger partial charge on any atom is 0.0931 e. The van der Waals surface area contributed by atoms with Gasteiger partial charge in [-0.2, -0.15) is 0 Å². The van der Waals surface area contributed by atoms with E-state index in [2.05, 4.69) is 31.9 Å². The Kier molecular flexibility index (Phi) is 3.56. The van der Waals surface area contributed by atoms with Crippen molar-refractivity contribution < 1.29 is 0 Å². The van der Waals surface area contributed by atoms with E-state index in [4.69, 9.17) is 11.6 Å². The van der Waals surface area contributed by atoms with Gasteiger partial charge in [-0.3, -0.25) is 4.90 Å². The quantitative estimate of drug-likeness (QED) is 0.729. The van der Waals surface area contributed by atoms with Crippen molar-refractivity contribution in [1.29, 1.82) is 0 Å². The molecule has 1 nitrogen and oxygen atoms in total. The van der Waals surface area contributed by atoms with Crippen LogP contribution in [0.5, 0.6) is 0 Å². The van der Waals surface area contributed by atoms with E-state index in [0.717, 1.165) is 10.9 Å². The number of nitrogens with zero attached hydrogens (tertiary/aromatic N) is 1. The zero-order valence-electron chi connectivity index (χ0n) is 7.67. The van der Waals surface area contributed by atoms with Crippen molar-refractivity contribution in [2.75, 3.05) is 7.05 Å². The van der Waals surface area contributed by atoms with E-state index in [1.54, 1.807) is 11.3 Å². The van der Waals surface area contributed by atoms with E-state index < -0.39 is 0 Å². The number of hydrogen-bond acceptors (Lipinski definition) is 2. The van der Waals surface area contributed by atoms with Gasteiger partial charge in [-0.1, -0.05) is 11.6 Å². The van der Waals surface area contributed by atoms with Crippen LogP contribution in [0.25, 0.3) is 0 Å². The van der Waals surface area contributed by atoms with Gasteiger partial charge >= 0.3 is 0 Å². The standard InChI is InChI=1S/C9H14ClNS/c1-7(2)11(3)6-8-4-5-9(10)12-8/h4-5,7H,6H2,1-3H3. The molecule has 0 spiro atoms. The molecule has 1 aromatic rings. The fourth-order valence-corrected chi connectivity index (χ4v) is 2.02. The second-order valence-corrected chi connectivity index (χ2v) is 5.01. The third-order valence-electron chi connectivity index (χ3n) is 1.92. The molecule has 12 heavy (non-hydrogen) atoms. The highest BCUT2D eigenvalue weighted by atomic mass is 35.5. The predicted octanol–water partition coefficient (Wildman–Crippen LogP) is 3.24. The Morgan fingerprint density at radius 2 is 2.17 bits per heavy atom. The van der Waals surface area contributed by atoms with Crippen LogP contribution in [0.1, 0.15) is 18.7 Å². The van der Waals surface area contributed by atoms with E-state index >= 15 is 0 Å². The van der Waals surface area contributed by atoms with Crippen LogP contribution in [0.3, 0.4) is 0 Å². The molecule has 0 atom stereocenters. The molecule has 0 aliphatic carbocycles. The normalized spacial score (nSPS) is 11.5. The van der Waals surface area contributed by atoms with E-state index in [0.29, 0.717) is 6.04 Å². The summed E-state index contributed by atoms with van der Waals surface area (Å²) in [4.78, 5) is 3.62. The molecule has 0 aliphatic heterocycles. The van der Waals surface area contributed by atoms with Crippen molar-refractivity contribution >= 4 is 22.9 Å². The summed E-state index contributed by atoms with van der Waals surface area (Å²) in [5, 5.41) is 0. The van der Waals surface area contributed by atoms with Crippen LogP contribution in [0.4, 0.5) is 0 Å². The molecular formula is C9H14ClNS. The molecule has 0 aliphatic rings. The third-order valence-corrected chi connectivity index (χ3v) is 3.13. The molecule has 1 aromatic heterocycles. The van der Waals surface area contributed by atoms with Gasteiger partial charge in [-0.25, -0.2) is 0 Å². The second kappa shape index (κ2) is 4.26. The van der Waals surface area contributed by atoms with E-state index in [1.807, 2.05) is 6.07 Å². The summed E-state index contributed by atoms with van der Waals surface area (Å²) in [7, 11) is 2.12. The highest BCUT2D eigenvalue weighted by Gasteiger charge is 2.05. The molecule has 0 fully saturated rings. The fourth-order valence-electron chi connectivity index (χ4n) is 0.865. The Bertz CT molecular complexity index is 244. The minimum absolute atomic E-state index is 0.589. The van der Waals surface area contributed by atoms with Crippen molar-refractivity contribution in [3.05, 3.63) is 21.3 Å². The second-order valence-electron chi connectivity index (χ2n) is 3.21. The molecule has 68 valence electrons. The lowest BCUT2D eigenvalue weighted by Gasteiger charge is -2.19. The van der Waals surface area contributed by atoms with Crippen molar-refractivity contribution in [3.8, 4) is 0 Å². The smallest absolute Gasteiger partial charge is 0.0931 e. The largest absolute Gasteiger partial charge is 0.299 e. The molecule has 0 N–H and O–H groups in total. The first-order valence-corrected chi connectivity index (χ1v) is 5.23.